The van der Waals surface area contributed by atoms with Crippen LogP contribution in [0.2, 0.25) is 0 Å². The largest absolute Gasteiger partial charge is 0.389 e. The predicted molar refractivity (Wildman–Crippen MR) is 73.0 cm³/mol. The summed E-state index contributed by atoms with van der Waals surface area (Å²) in [6, 6.07) is 6.46. The lowest BCUT2D eigenvalue weighted by atomic mass is 10.1. The Morgan fingerprint density at radius 1 is 1.47 bits per heavy atom. The van der Waals surface area contributed by atoms with Gasteiger partial charge in [0, 0.05) is 19.1 Å². The van der Waals surface area contributed by atoms with E-state index in [-0.39, 0.29) is 17.5 Å². The molecule has 2 rings (SSSR count). The molecule has 3 N–H and O–H groups in total. The van der Waals surface area contributed by atoms with Crippen LogP contribution in [0.1, 0.15) is 31.9 Å². The number of hydrogen-bond acceptors (Lipinski definition) is 4. The number of β-amino-alcohol motifs (C(OH)–C–C–N with tert-alkyl or cyclic N) is 1. The highest BCUT2D eigenvalue weighted by Crippen LogP contribution is 2.27. The lowest BCUT2D eigenvalue weighted by Crippen LogP contribution is -2.34. The van der Waals surface area contributed by atoms with Gasteiger partial charge < -0.3 is 10.8 Å². The monoisotopic (exact) mass is 284 g/mol. The SMILES string of the molecule is CC(N)c1cccc(S(=O)(=O)N2CCC(C)(O)C2)c1. The van der Waals surface area contributed by atoms with Crippen molar-refractivity contribution in [3.63, 3.8) is 0 Å². The highest BCUT2D eigenvalue weighted by molar-refractivity contribution is 7.89. The molecule has 1 aliphatic rings. The van der Waals surface area contributed by atoms with Crippen LogP contribution in [0.5, 0.6) is 0 Å². The Hall–Kier alpha value is -0.950. The molecule has 5 nitrogen and oxygen atoms in total. The average molecular weight is 284 g/mol. The van der Waals surface area contributed by atoms with Crippen molar-refractivity contribution in [2.45, 2.75) is 36.8 Å². The summed E-state index contributed by atoms with van der Waals surface area (Å²) in [5.41, 5.74) is 5.62. The normalized spacial score (nSPS) is 26.5. The summed E-state index contributed by atoms with van der Waals surface area (Å²) in [7, 11) is -3.55. The van der Waals surface area contributed by atoms with E-state index < -0.39 is 15.6 Å². The molecule has 0 amide bonds. The Morgan fingerprint density at radius 3 is 2.68 bits per heavy atom. The first-order valence-corrected chi connectivity index (χ1v) is 7.74. The van der Waals surface area contributed by atoms with Gasteiger partial charge in [-0.2, -0.15) is 4.31 Å². The molecule has 0 bridgehead atoms. The highest BCUT2D eigenvalue weighted by Gasteiger charge is 2.38. The van der Waals surface area contributed by atoms with Gasteiger partial charge in [-0.25, -0.2) is 8.42 Å². The molecular weight excluding hydrogens is 264 g/mol. The second kappa shape index (κ2) is 4.86. The topological polar surface area (TPSA) is 83.6 Å². The highest BCUT2D eigenvalue weighted by atomic mass is 32.2. The van der Waals surface area contributed by atoms with Crippen LogP contribution < -0.4 is 5.73 Å². The number of nitrogens with two attached hydrogens (primary N) is 1. The van der Waals surface area contributed by atoms with Crippen molar-refractivity contribution in [3.8, 4) is 0 Å². The Morgan fingerprint density at radius 2 is 2.16 bits per heavy atom. The molecule has 1 fully saturated rings. The number of sulfonamides is 1. The van der Waals surface area contributed by atoms with Gasteiger partial charge in [0.1, 0.15) is 0 Å². The molecule has 0 radical (unpaired) electrons. The van der Waals surface area contributed by atoms with Crippen molar-refractivity contribution in [1.82, 2.24) is 4.31 Å². The lowest BCUT2D eigenvalue weighted by Gasteiger charge is -2.19. The summed E-state index contributed by atoms with van der Waals surface area (Å²) in [4.78, 5) is 0.236. The van der Waals surface area contributed by atoms with Crippen molar-refractivity contribution in [3.05, 3.63) is 29.8 Å². The average Bonchev–Trinajstić information content (AvgIpc) is 2.70. The van der Waals surface area contributed by atoms with E-state index in [0.29, 0.717) is 13.0 Å². The number of hydrogen-bond donors (Lipinski definition) is 2. The second-order valence-corrected chi connectivity index (χ2v) is 7.38. The molecule has 2 unspecified atom stereocenters. The summed E-state index contributed by atoms with van der Waals surface area (Å²) in [6.07, 6.45) is 0.458. The maximum absolute atomic E-state index is 12.5. The van der Waals surface area contributed by atoms with Crippen molar-refractivity contribution >= 4 is 10.0 Å². The molecule has 1 aliphatic heterocycles. The van der Waals surface area contributed by atoms with Crippen LogP contribution in [0.15, 0.2) is 29.2 Å². The first-order valence-electron chi connectivity index (χ1n) is 6.30. The van der Waals surface area contributed by atoms with Crippen LogP contribution in [0.4, 0.5) is 0 Å². The summed E-state index contributed by atoms with van der Waals surface area (Å²) >= 11 is 0. The van der Waals surface area contributed by atoms with Gasteiger partial charge in [0.25, 0.3) is 0 Å². The number of rotatable bonds is 3. The molecule has 1 aromatic carbocycles. The van der Waals surface area contributed by atoms with E-state index in [4.69, 9.17) is 5.73 Å². The zero-order chi connectivity index (χ0) is 14.3. The number of nitrogens with zero attached hydrogens (tertiary/aromatic N) is 1. The minimum absolute atomic E-state index is 0.137. The molecular formula is C13H20N2O3S. The maximum Gasteiger partial charge on any atom is 0.243 e. The minimum atomic E-state index is -3.55. The van der Waals surface area contributed by atoms with Crippen LogP contribution in [-0.2, 0) is 10.0 Å². The van der Waals surface area contributed by atoms with Gasteiger partial charge >= 0.3 is 0 Å². The Kier molecular flexibility index (Phi) is 3.70. The molecule has 1 heterocycles. The van der Waals surface area contributed by atoms with Crippen LogP contribution >= 0.6 is 0 Å². The maximum atomic E-state index is 12.5. The third-order valence-corrected chi connectivity index (χ3v) is 5.28. The van der Waals surface area contributed by atoms with E-state index in [1.807, 2.05) is 13.0 Å². The molecule has 1 saturated heterocycles. The fourth-order valence-electron chi connectivity index (χ4n) is 2.22. The summed E-state index contributed by atoms with van der Waals surface area (Å²) in [6.45, 7) is 3.95. The molecule has 0 aromatic heterocycles. The van der Waals surface area contributed by atoms with Crippen LogP contribution in [0.3, 0.4) is 0 Å². The minimum Gasteiger partial charge on any atom is -0.389 e. The van der Waals surface area contributed by atoms with Crippen LogP contribution in [-0.4, -0.2) is 36.5 Å². The van der Waals surface area contributed by atoms with Gasteiger partial charge in [-0.15, -0.1) is 0 Å². The van der Waals surface area contributed by atoms with Gasteiger partial charge in [0.15, 0.2) is 0 Å². The molecule has 0 aliphatic carbocycles. The Bertz CT molecular complexity index is 567. The first-order chi connectivity index (χ1) is 8.72. The summed E-state index contributed by atoms with van der Waals surface area (Å²) < 4.78 is 26.3. The van der Waals surface area contributed by atoms with Gasteiger partial charge in [-0.05, 0) is 38.0 Å². The number of aliphatic hydroxyl groups is 1. The number of benzene rings is 1. The fraction of sp³-hybridized carbons (Fsp3) is 0.538. The van der Waals surface area contributed by atoms with Gasteiger partial charge in [-0.1, -0.05) is 12.1 Å². The molecule has 0 saturated carbocycles. The van der Waals surface area contributed by atoms with E-state index in [1.54, 1.807) is 25.1 Å². The fourth-order valence-corrected chi connectivity index (χ4v) is 3.83. The predicted octanol–water partition coefficient (Wildman–Crippen LogP) is 0.852. The molecule has 0 spiro atoms. The van der Waals surface area contributed by atoms with E-state index in [1.165, 1.54) is 4.31 Å². The zero-order valence-electron chi connectivity index (χ0n) is 11.2. The zero-order valence-corrected chi connectivity index (χ0v) is 12.0. The standard InChI is InChI=1S/C13H20N2O3S/c1-10(14)11-4-3-5-12(8-11)19(17,18)15-7-6-13(2,16)9-15/h3-5,8,10,16H,6-7,9,14H2,1-2H3. The Labute approximate surface area is 114 Å². The molecule has 2 atom stereocenters. The smallest absolute Gasteiger partial charge is 0.243 e. The van der Waals surface area contributed by atoms with Crippen molar-refractivity contribution < 1.29 is 13.5 Å². The van der Waals surface area contributed by atoms with E-state index in [0.717, 1.165) is 5.56 Å². The first kappa shape index (κ1) is 14.5. The molecule has 1 aromatic rings. The van der Waals surface area contributed by atoms with Gasteiger partial charge in [0.2, 0.25) is 10.0 Å². The van der Waals surface area contributed by atoms with Gasteiger partial charge in [-0.3, -0.25) is 0 Å². The third kappa shape index (κ3) is 2.97. The second-order valence-electron chi connectivity index (χ2n) is 5.45. The lowest BCUT2D eigenvalue weighted by molar-refractivity contribution is 0.0762. The molecule has 19 heavy (non-hydrogen) atoms. The third-order valence-electron chi connectivity index (χ3n) is 3.44. The van der Waals surface area contributed by atoms with Crippen molar-refractivity contribution in [2.24, 2.45) is 5.73 Å². The molecule has 106 valence electrons. The Balaban J connectivity index is 2.33. The van der Waals surface area contributed by atoms with Crippen molar-refractivity contribution in [2.75, 3.05) is 13.1 Å². The quantitative estimate of drug-likeness (QED) is 0.862. The van der Waals surface area contributed by atoms with Crippen LogP contribution in [0, 0.1) is 0 Å². The van der Waals surface area contributed by atoms with E-state index >= 15 is 0 Å². The molecule has 6 heteroatoms. The van der Waals surface area contributed by atoms with Gasteiger partial charge in [0.05, 0.1) is 10.5 Å². The van der Waals surface area contributed by atoms with E-state index in [9.17, 15) is 13.5 Å². The van der Waals surface area contributed by atoms with Crippen LogP contribution in [0.25, 0.3) is 0 Å². The van der Waals surface area contributed by atoms with E-state index in [2.05, 4.69) is 0 Å². The summed E-state index contributed by atoms with van der Waals surface area (Å²) in [5.74, 6) is 0. The van der Waals surface area contributed by atoms with Crippen molar-refractivity contribution in [1.29, 1.82) is 0 Å². The summed E-state index contributed by atoms with van der Waals surface area (Å²) in [5, 5.41) is 9.89.